The van der Waals surface area contributed by atoms with Crippen molar-refractivity contribution in [2.75, 3.05) is 6.61 Å². The highest BCUT2D eigenvalue weighted by molar-refractivity contribution is 14.1. The smallest absolute Gasteiger partial charge is 0.296 e. The summed E-state index contributed by atoms with van der Waals surface area (Å²) in [6.45, 7) is 2.36. The molecule has 2 rings (SSSR count). The number of aromatic nitrogens is 3. The monoisotopic (exact) mass is 407 g/mol. The van der Waals surface area contributed by atoms with Crippen molar-refractivity contribution >= 4 is 51.5 Å². The van der Waals surface area contributed by atoms with Gasteiger partial charge in [0.2, 0.25) is 0 Å². The molecule has 2 aromatic heterocycles. The predicted octanol–water partition coefficient (Wildman–Crippen LogP) is 2.09. The molecule has 0 aliphatic rings. The average Bonchev–Trinajstić information content (AvgIpc) is 2.43. The van der Waals surface area contributed by atoms with Crippen molar-refractivity contribution in [2.45, 2.75) is 19.8 Å². The fraction of sp³-hybridized carbons (Fsp3) is 0.333. The lowest BCUT2D eigenvalue weighted by Crippen LogP contribution is -2.32. The standard InChI is InChI=1S/C12H11ClIN3O3/c1-2-3-4-20-17-11-8(10(13)15-6-16-11)9(14)7(5-18)12(17)19/h5-6H,2-4H2,1H3. The molecular formula is C12H11ClIN3O3. The summed E-state index contributed by atoms with van der Waals surface area (Å²) >= 11 is 7.92. The zero-order chi connectivity index (χ0) is 14.7. The van der Waals surface area contributed by atoms with Crippen LogP contribution in [0.2, 0.25) is 5.15 Å². The Morgan fingerprint density at radius 2 is 2.25 bits per heavy atom. The third-order valence-corrected chi connectivity index (χ3v) is 4.09. The third-order valence-electron chi connectivity index (χ3n) is 2.68. The van der Waals surface area contributed by atoms with Crippen molar-refractivity contribution in [1.82, 2.24) is 14.7 Å². The summed E-state index contributed by atoms with van der Waals surface area (Å²) in [4.78, 5) is 36.7. The number of rotatable bonds is 5. The van der Waals surface area contributed by atoms with Gasteiger partial charge in [0, 0.05) is 3.57 Å². The van der Waals surface area contributed by atoms with E-state index in [1.54, 1.807) is 0 Å². The second-order valence-electron chi connectivity index (χ2n) is 3.99. The first-order chi connectivity index (χ1) is 9.61. The molecule has 0 aliphatic carbocycles. The highest BCUT2D eigenvalue weighted by Gasteiger charge is 2.19. The van der Waals surface area contributed by atoms with Crippen molar-refractivity contribution < 1.29 is 9.63 Å². The van der Waals surface area contributed by atoms with E-state index < -0.39 is 5.56 Å². The zero-order valence-electron chi connectivity index (χ0n) is 10.6. The summed E-state index contributed by atoms with van der Waals surface area (Å²) in [6, 6.07) is 0. The lowest BCUT2D eigenvalue weighted by Gasteiger charge is -2.13. The van der Waals surface area contributed by atoms with Crippen molar-refractivity contribution in [1.29, 1.82) is 0 Å². The fourth-order valence-electron chi connectivity index (χ4n) is 1.65. The van der Waals surface area contributed by atoms with Crippen LogP contribution in [0.25, 0.3) is 11.0 Å². The van der Waals surface area contributed by atoms with Gasteiger partial charge in [0.05, 0.1) is 10.9 Å². The first-order valence-corrected chi connectivity index (χ1v) is 7.40. The van der Waals surface area contributed by atoms with E-state index in [2.05, 4.69) is 9.97 Å². The van der Waals surface area contributed by atoms with Crippen LogP contribution in [0.5, 0.6) is 0 Å². The van der Waals surface area contributed by atoms with E-state index in [0.29, 0.717) is 21.8 Å². The first-order valence-electron chi connectivity index (χ1n) is 5.95. The van der Waals surface area contributed by atoms with E-state index in [0.717, 1.165) is 17.6 Å². The van der Waals surface area contributed by atoms with E-state index in [9.17, 15) is 9.59 Å². The molecule has 0 spiro atoms. The molecule has 0 saturated heterocycles. The molecule has 0 unspecified atom stereocenters. The Morgan fingerprint density at radius 1 is 1.50 bits per heavy atom. The van der Waals surface area contributed by atoms with E-state index >= 15 is 0 Å². The molecule has 0 atom stereocenters. The van der Waals surface area contributed by atoms with Gasteiger partial charge in [0.1, 0.15) is 18.1 Å². The molecule has 8 heteroatoms. The van der Waals surface area contributed by atoms with Gasteiger partial charge in [-0.1, -0.05) is 24.9 Å². The number of unbranched alkanes of at least 4 members (excludes halogenated alkanes) is 1. The van der Waals surface area contributed by atoms with Crippen molar-refractivity contribution in [3.8, 4) is 0 Å². The third kappa shape index (κ3) is 2.64. The minimum Gasteiger partial charge on any atom is -0.409 e. The molecular weight excluding hydrogens is 397 g/mol. The fourth-order valence-corrected chi connectivity index (χ4v) is 2.89. The van der Waals surface area contributed by atoms with E-state index in [-0.39, 0.29) is 16.4 Å². The Kier molecular flexibility index (Phi) is 4.92. The molecule has 0 N–H and O–H groups in total. The van der Waals surface area contributed by atoms with Gasteiger partial charge in [-0.25, -0.2) is 9.97 Å². The van der Waals surface area contributed by atoms with Crippen LogP contribution in [0.4, 0.5) is 0 Å². The largest absolute Gasteiger partial charge is 0.409 e. The Hall–Kier alpha value is -1.22. The van der Waals surface area contributed by atoms with Crippen molar-refractivity contribution in [3.63, 3.8) is 0 Å². The maximum absolute atomic E-state index is 12.2. The molecule has 0 saturated carbocycles. The van der Waals surface area contributed by atoms with Crippen LogP contribution in [0, 0.1) is 3.57 Å². The summed E-state index contributed by atoms with van der Waals surface area (Å²) in [6.07, 6.45) is 3.45. The SMILES string of the molecule is CCCCOn1c(=O)c(C=O)c(I)c2c(Cl)ncnc21. The maximum atomic E-state index is 12.2. The Morgan fingerprint density at radius 3 is 2.90 bits per heavy atom. The number of carbonyl (C=O) groups excluding carboxylic acids is 1. The van der Waals surface area contributed by atoms with Crippen LogP contribution < -0.4 is 10.4 Å². The lowest BCUT2D eigenvalue weighted by atomic mass is 10.2. The van der Waals surface area contributed by atoms with Crippen molar-refractivity contribution in [2.24, 2.45) is 0 Å². The molecule has 0 fully saturated rings. The van der Waals surface area contributed by atoms with Crippen LogP contribution in [-0.2, 0) is 0 Å². The van der Waals surface area contributed by atoms with Crippen LogP contribution in [0.3, 0.4) is 0 Å². The summed E-state index contributed by atoms with van der Waals surface area (Å²) in [5, 5.41) is 0.614. The van der Waals surface area contributed by atoms with Crippen LogP contribution in [0.15, 0.2) is 11.1 Å². The minimum absolute atomic E-state index is 0.00806. The molecule has 6 nitrogen and oxygen atoms in total. The second kappa shape index (κ2) is 6.49. The molecule has 20 heavy (non-hydrogen) atoms. The van der Waals surface area contributed by atoms with Gasteiger partial charge in [-0.15, -0.1) is 4.73 Å². The number of hydrogen-bond donors (Lipinski definition) is 0. The quantitative estimate of drug-likeness (QED) is 0.328. The molecule has 0 aliphatic heterocycles. The lowest BCUT2D eigenvalue weighted by molar-refractivity contribution is 0.104. The number of fused-ring (bicyclic) bond motifs is 1. The first kappa shape index (κ1) is 15.2. The number of carbonyl (C=O) groups is 1. The summed E-state index contributed by atoms with van der Waals surface area (Å²) in [7, 11) is 0. The Labute approximate surface area is 133 Å². The van der Waals surface area contributed by atoms with Gasteiger partial charge in [-0.05, 0) is 29.0 Å². The minimum atomic E-state index is -0.539. The number of nitrogens with zero attached hydrogens (tertiary/aromatic N) is 3. The van der Waals surface area contributed by atoms with Gasteiger partial charge in [-0.2, -0.15) is 0 Å². The number of halogens is 2. The van der Waals surface area contributed by atoms with Crippen LogP contribution in [0.1, 0.15) is 30.1 Å². The van der Waals surface area contributed by atoms with E-state index in [1.165, 1.54) is 6.33 Å². The normalized spacial score (nSPS) is 10.8. The average molecular weight is 408 g/mol. The molecule has 106 valence electrons. The predicted molar refractivity (Wildman–Crippen MR) is 83.3 cm³/mol. The van der Waals surface area contributed by atoms with Gasteiger partial charge < -0.3 is 4.84 Å². The van der Waals surface area contributed by atoms with Gasteiger partial charge in [0.25, 0.3) is 5.56 Å². The zero-order valence-corrected chi connectivity index (χ0v) is 13.5. The summed E-state index contributed by atoms with van der Waals surface area (Å²) in [5.74, 6) is 0. The van der Waals surface area contributed by atoms with Gasteiger partial charge in [-0.3, -0.25) is 9.59 Å². The summed E-state index contributed by atoms with van der Waals surface area (Å²) in [5.41, 5.74) is -0.282. The number of hydrogen-bond acceptors (Lipinski definition) is 5. The van der Waals surface area contributed by atoms with E-state index in [1.807, 2.05) is 29.5 Å². The maximum Gasteiger partial charge on any atom is 0.296 e. The molecule has 2 heterocycles. The molecule has 0 bridgehead atoms. The Bertz CT molecular complexity index is 717. The Balaban J connectivity index is 2.74. The molecule has 0 aromatic carbocycles. The van der Waals surface area contributed by atoms with Gasteiger partial charge >= 0.3 is 0 Å². The summed E-state index contributed by atoms with van der Waals surface area (Å²) < 4.78 is 1.45. The van der Waals surface area contributed by atoms with Gasteiger partial charge in [0.15, 0.2) is 11.9 Å². The topological polar surface area (TPSA) is 74.1 Å². The van der Waals surface area contributed by atoms with E-state index in [4.69, 9.17) is 16.4 Å². The highest BCUT2D eigenvalue weighted by Crippen LogP contribution is 2.24. The van der Waals surface area contributed by atoms with Crippen molar-refractivity contribution in [3.05, 3.63) is 31.0 Å². The van der Waals surface area contributed by atoms with Crippen LogP contribution in [-0.4, -0.2) is 27.6 Å². The molecule has 0 amide bonds. The number of aldehydes is 1. The molecule has 0 radical (unpaired) electrons. The second-order valence-corrected chi connectivity index (χ2v) is 5.43. The van der Waals surface area contributed by atoms with Crippen LogP contribution >= 0.6 is 34.2 Å². The molecule has 2 aromatic rings. The number of pyridine rings is 1. The highest BCUT2D eigenvalue weighted by atomic mass is 127.